The molecule has 1 saturated carbocycles. The molecule has 4 nitrogen and oxygen atoms in total. The van der Waals surface area contributed by atoms with E-state index in [1.54, 1.807) is 30.3 Å². The second-order valence-electron chi connectivity index (χ2n) is 6.76. The number of sulfone groups is 1. The first-order chi connectivity index (χ1) is 12.4. The van der Waals surface area contributed by atoms with E-state index in [2.05, 4.69) is 21.2 Å². The SMILES string of the molecule is CC(NC(=O)C1(S(=O)(=O)c2ccccc2)CCCC1)c1ccc(Br)cc1. The van der Waals surface area contributed by atoms with Crippen LogP contribution >= 0.6 is 15.9 Å². The molecule has 0 heterocycles. The number of hydrogen-bond acceptors (Lipinski definition) is 3. The van der Waals surface area contributed by atoms with Gasteiger partial charge < -0.3 is 5.32 Å². The molecular formula is C20H22BrNO3S. The van der Waals surface area contributed by atoms with Gasteiger partial charge in [0.2, 0.25) is 5.91 Å². The molecule has 0 saturated heterocycles. The molecule has 0 aliphatic heterocycles. The number of carbonyl (C=O) groups is 1. The van der Waals surface area contributed by atoms with Crippen LogP contribution in [0.2, 0.25) is 0 Å². The van der Waals surface area contributed by atoms with E-state index in [9.17, 15) is 13.2 Å². The summed E-state index contributed by atoms with van der Waals surface area (Å²) >= 11 is 3.39. The quantitative estimate of drug-likeness (QED) is 0.755. The minimum Gasteiger partial charge on any atom is -0.348 e. The van der Waals surface area contributed by atoms with Gasteiger partial charge in [0.25, 0.3) is 0 Å². The Morgan fingerprint density at radius 3 is 2.19 bits per heavy atom. The van der Waals surface area contributed by atoms with Crippen molar-refractivity contribution >= 4 is 31.7 Å². The fraction of sp³-hybridized carbons (Fsp3) is 0.350. The Morgan fingerprint density at radius 1 is 1.04 bits per heavy atom. The molecule has 0 bridgehead atoms. The Balaban J connectivity index is 1.90. The molecule has 0 aromatic heterocycles. The van der Waals surface area contributed by atoms with Gasteiger partial charge in [-0.15, -0.1) is 0 Å². The number of amides is 1. The van der Waals surface area contributed by atoms with Crippen molar-refractivity contribution in [3.8, 4) is 0 Å². The fourth-order valence-electron chi connectivity index (χ4n) is 3.55. The molecule has 1 N–H and O–H groups in total. The molecule has 2 aromatic rings. The zero-order valence-corrected chi connectivity index (χ0v) is 17.0. The Morgan fingerprint density at radius 2 is 1.62 bits per heavy atom. The average molecular weight is 436 g/mol. The summed E-state index contributed by atoms with van der Waals surface area (Å²) in [5.74, 6) is -0.394. The van der Waals surface area contributed by atoms with Crippen molar-refractivity contribution < 1.29 is 13.2 Å². The smallest absolute Gasteiger partial charge is 0.242 e. The third-order valence-corrected chi connectivity index (χ3v) is 8.15. The molecule has 1 atom stereocenters. The lowest BCUT2D eigenvalue weighted by Gasteiger charge is -2.29. The van der Waals surface area contributed by atoms with Gasteiger partial charge in [-0.3, -0.25) is 4.79 Å². The molecule has 0 radical (unpaired) electrons. The Bertz CT molecular complexity index is 873. The summed E-state index contributed by atoms with van der Waals surface area (Å²) in [6, 6.07) is 15.7. The van der Waals surface area contributed by atoms with Crippen LogP contribution in [0.5, 0.6) is 0 Å². The largest absolute Gasteiger partial charge is 0.348 e. The molecule has 2 aromatic carbocycles. The van der Waals surface area contributed by atoms with Gasteiger partial charge in [-0.25, -0.2) is 8.42 Å². The van der Waals surface area contributed by atoms with Crippen molar-refractivity contribution in [2.45, 2.75) is 48.3 Å². The number of carbonyl (C=O) groups excluding carboxylic acids is 1. The van der Waals surface area contributed by atoms with E-state index in [-0.39, 0.29) is 10.9 Å². The number of benzene rings is 2. The van der Waals surface area contributed by atoms with Crippen LogP contribution in [0, 0.1) is 0 Å². The van der Waals surface area contributed by atoms with Crippen molar-refractivity contribution in [1.29, 1.82) is 0 Å². The van der Waals surface area contributed by atoms with Crippen molar-refractivity contribution in [3.05, 3.63) is 64.6 Å². The molecule has 1 unspecified atom stereocenters. The van der Waals surface area contributed by atoms with Crippen LogP contribution in [0.25, 0.3) is 0 Å². The molecule has 6 heteroatoms. The number of hydrogen-bond donors (Lipinski definition) is 1. The van der Waals surface area contributed by atoms with E-state index in [1.807, 2.05) is 31.2 Å². The average Bonchev–Trinajstić information content (AvgIpc) is 3.15. The first-order valence-corrected chi connectivity index (χ1v) is 11.0. The number of nitrogens with one attached hydrogen (secondary N) is 1. The highest BCUT2D eigenvalue weighted by Gasteiger charge is 2.53. The third kappa shape index (κ3) is 3.45. The number of halogens is 1. The zero-order chi connectivity index (χ0) is 18.8. The summed E-state index contributed by atoms with van der Waals surface area (Å²) in [6.45, 7) is 1.87. The number of rotatable bonds is 5. The molecule has 0 spiro atoms. The highest BCUT2D eigenvalue weighted by atomic mass is 79.9. The molecular weight excluding hydrogens is 414 g/mol. The highest BCUT2D eigenvalue weighted by Crippen LogP contribution is 2.41. The van der Waals surface area contributed by atoms with Gasteiger partial charge in [0.15, 0.2) is 14.6 Å². The summed E-state index contributed by atoms with van der Waals surface area (Å²) in [4.78, 5) is 13.4. The lowest BCUT2D eigenvalue weighted by molar-refractivity contribution is -0.124. The van der Waals surface area contributed by atoms with Gasteiger partial charge >= 0.3 is 0 Å². The molecule has 1 fully saturated rings. The van der Waals surface area contributed by atoms with Crippen molar-refractivity contribution in [2.75, 3.05) is 0 Å². The van der Waals surface area contributed by atoms with Gasteiger partial charge in [-0.2, -0.15) is 0 Å². The summed E-state index contributed by atoms with van der Waals surface area (Å²) in [5, 5.41) is 2.94. The normalized spacial score (nSPS) is 17.6. The van der Waals surface area contributed by atoms with Crippen molar-refractivity contribution in [1.82, 2.24) is 5.32 Å². The Kier molecular flexibility index (Phi) is 5.53. The molecule has 138 valence electrons. The second kappa shape index (κ2) is 7.53. The molecule has 1 amide bonds. The summed E-state index contributed by atoms with van der Waals surface area (Å²) < 4.78 is 26.2. The van der Waals surface area contributed by atoms with Crippen molar-refractivity contribution in [2.24, 2.45) is 0 Å². The maximum absolute atomic E-state index is 13.3. The van der Waals surface area contributed by atoms with Crippen LogP contribution in [0.3, 0.4) is 0 Å². The van der Waals surface area contributed by atoms with Crippen LogP contribution in [0.15, 0.2) is 64.0 Å². The van der Waals surface area contributed by atoms with E-state index in [0.29, 0.717) is 12.8 Å². The lowest BCUT2D eigenvalue weighted by Crippen LogP contribution is -2.51. The van der Waals surface area contributed by atoms with Gasteiger partial charge in [0.05, 0.1) is 10.9 Å². The first kappa shape index (κ1) is 19.1. The van der Waals surface area contributed by atoms with Crippen LogP contribution in [-0.2, 0) is 14.6 Å². The fourth-order valence-corrected chi connectivity index (χ4v) is 5.91. The standard InChI is InChI=1S/C20H22BrNO3S/c1-15(16-9-11-17(21)12-10-16)22-19(23)20(13-5-6-14-20)26(24,25)18-7-3-2-4-8-18/h2-4,7-12,15H,5-6,13-14H2,1H3,(H,22,23). The van der Waals surface area contributed by atoms with Crippen LogP contribution in [0.1, 0.15) is 44.2 Å². The maximum Gasteiger partial charge on any atom is 0.242 e. The Labute approximate surface area is 163 Å². The van der Waals surface area contributed by atoms with Gasteiger partial charge in [-0.05, 0) is 49.6 Å². The second-order valence-corrected chi connectivity index (χ2v) is 9.94. The monoisotopic (exact) mass is 435 g/mol. The van der Waals surface area contributed by atoms with Crippen LogP contribution in [-0.4, -0.2) is 19.1 Å². The lowest BCUT2D eigenvalue weighted by atomic mass is 10.0. The van der Waals surface area contributed by atoms with E-state index >= 15 is 0 Å². The first-order valence-electron chi connectivity index (χ1n) is 8.73. The topological polar surface area (TPSA) is 63.2 Å². The summed E-state index contributed by atoms with van der Waals surface area (Å²) in [6.07, 6.45) is 2.21. The predicted molar refractivity (Wildman–Crippen MR) is 106 cm³/mol. The van der Waals surface area contributed by atoms with Crippen LogP contribution < -0.4 is 5.32 Å². The zero-order valence-electron chi connectivity index (χ0n) is 14.6. The summed E-state index contributed by atoms with van der Waals surface area (Å²) in [5.41, 5.74) is 0.937. The van der Waals surface area contributed by atoms with Gasteiger partial charge in [-0.1, -0.05) is 59.1 Å². The van der Waals surface area contributed by atoms with Crippen LogP contribution in [0.4, 0.5) is 0 Å². The van der Waals surface area contributed by atoms with E-state index in [0.717, 1.165) is 22.9 Å². The maximum atomic E-state index is 13.3. The highest BCUT2D eigenvalue weighted by molar-refractivity contribution is 9.10. The molecule has 1 aliphatic carbocycles. The van der Waals surface area contributed by atoms with E-state index in [1.165, 1.54) is 0 Å². The molecule has 1 aliphatic rings. The van der Waals surface area contributed by atoms with Gasteiger partial charge in [0, 0.05) is 4.47 Å². The Hall–Kier alpha value is -1.66. The molecule has 3 rings (SSSR count). The predicted octanol–water partition coefficient (Wildman–Crippen LogP) is 4.41. The third-order valence-electron chi connectivity index (χ3n) is 5.11. The summed E-state index contributed by atoms with van der Waals surface area (Å²) in [7, 11) is -3.75. The van der Waals surface area contributed by atoms with Crippen molar-refractivity contribution in [3.63, 3.8) is 0 Å². The minimum atomic E-state index is -3.75. The van der Waals surface area contributed by atoms with E-state index in [4.69, 9.17) is 0 Å². The van der Waals surface area contributed by atoms with Gasteiger partial charge in [0.1, 0.15) is 0 Å². The molecule has 26 heavy (non-hydrogen) atoms. The van der Waals surface area contributed by atoms with E-state index < -0.39 is 20.5 Å². The minimum absolute atomic E-state index is 0.216.